The summed E-state index contributed by atoms with van der Waals surface area (Å²) in [7, 11) is 0. The van der Waals surface area contributed by atoms with Crippen molar-refractivity contribution in [3.63, 3.8) is 0 Å². The predicted molar refractivity (Wildman–Crippen MR) is 106 cm³/mol. The van der Waals surface area contributed by atoms with Gasteiger partial charge in [0.1, 0.15) is 6.33 Å². The first-order chi connectivity index (χ1) is 12.4. The van der Waals surface area contributed by atoms with Gasteiger partial charge in [0, 0.05) is 15.2 Å². The number of nitrogens with one attached hydrogen (secondary N) is 2. The van der Waals surface area contributed by atoms with Gasteiger partial charge in [0.2, 0.25) is 11.6 Å². The van der Waals surface area contributed by atoms with Gasteiger partial charge in [0.15, 0.2) is 0 Å². The fraction of sp³-hybridized carbons (Fsp3) is 0. The molecule has 2 aromatic carbocycles. The second-order valence-electron chi connectivity index (χ2n) is 5.06. The fourth-order valence-electron chi connectivity index (χ4n) is 2.13. The number of hydrogen-bond acceptors (Lipinski definition) is 6. The summed E-state index contributed by atoms with van der Waals surface area (Å²) >= 11 is 15.4. The largest absolute Gasteiger partial charge is 0.353 e. The lowest BCUT2D eigenvalue weighted by molar-refractivity contribution is -0.383. The summed E-state index contributed by atoms with van der Waals surface area (Å²) in [6.45, 7) is 0. The molecule has 1 aromatic heterocycles. The third-order valence-corrected chi connectivity index (χ3v) is 4.39. The minimum Gasteiger partial charge on any atom is -0.334 e. The van der Waals surface area contributed by atoms with Crippen molar-refractivity contribution in [2.45, 2.75) is 0 Å². The first-order valence-corrected chi connectivity index (χ1v) is 8.73. The first kappa shape index (κ1) is 18.4. The van der Waals surface area contributed by atoms with E-state index in [1.165, 1.54) is 6.33 Å². The normalized spacial score (nSPS) is 10.4. The molecule has 26 heavy (non-hydrogen) atoms. The number of benzene rings is 2. The molecule has 132 valence electrons. The van der Waals surface area contributed by atoms with E-state index in [-0.39, 0.29) is 17.3 Å². The number of aromatic nitrogens is 2. The molecule has 0 saturated heterocycles. The monoisotopic (exact) mass is 453 g/mol. The predicted octanol–water partition coefficient (Wildman–Crippen LogP) is 5.94. The molecule has 0 radical (unpaired) electrons. The Morgan fingerprint density at radius 2 is 1.65 bits per heavy atom. The molecule has 0 amide bonds. The molecule has 0 aliphatic rings. The van der Waals surface area contributed by atoms with Crippen molar-refractivity contribution in [1.29, 1.82) is 0 Å². The molecule has 0 aliphatic carbocycles. The van der Waals surface area contributed by atoms with Crippen LogP contribution in [0.3, 0.4) is 0 Å². The zero-order chi connectivity index (χ0) is 18.7. The van der Waals surface area contributed by atoms with Gasteiger partial charge in [-0.2, -0.15) is 0 Å². The highest BCUT2D eigenvalue weighted by atomic mass is 79.9. The average Bonchev–Trinajstić information content (AvgIpc) is 2.60. The molecule has 0 unspecified atom stereocenters. The third kappa shape index (κ3) is 4.21. The highest BCUT2D eigenvalue weighted by molar-refractivity contribution is 9.10. The van der Waals surface area contributed by atoms with Crippen LogP contribution in [0.2, 0.25) is 10.0 Å². The van der Waals surface area contributed by atoms with Gasteiger partial charge >= 0.3 is 5.69 Å². The molecule has 7 nitrogen and oxygen atoms in total. The van der Waals surface area contributed by atoms with Gasteiger partial charge in [-0.05, 0) is 42.5 Å². The molecule has 3 rings (SSSR count). The number of rotatable bonds is 5. The first-order valence-electron chi connectivity index (χ1n) is 7.18. The van der Waals surface area contributed by atoms with Gasteiger partial charge in [-0.15, -0.1) is 0 Å². The molecular formula is C16H10BrCl2N5O2. The van der Waals surface area contributed by atoms with E-state index in [2.05, 4.69) is 36.5 Å². The Morgan fingerprint density at radius 3 is 2.31 bits per heavy atom. The SMILES string of the molecule is O=[N+]([O-])c1c(Nc2ccc(Br)cc2)ncnc1Nc1cc(Cl)ccc1Cl. The second-order valence-corrected chi connectivity index (χ2v) is 6.82. The van der Waals surface area contributed by atoms with Crippen LogP contribution < -0.4 is 10.6 Å². The number of anilines is 4. The van der Waals surface area contributed by atoms with E-state index in [1.54, 1.807) is 42.5 Å². The smallest absolute Gasteiger partial charge is 0.334 e. The van der Waals surface area contributed by atoms with E-state index in [0.29, 0.717) is 21.4 Å². The molecule has 10 heteroatoms. The van der Waals surface area contributed by atoms with Gasteiger partial charge in [-0.3, -0.25) is 10.1 Å². The molecule has 2 N–H and O–H groups in total. The molecule has 0 aliphatic heterocycles. The van der Waals surface area contributed by atoms with Crippen molar-refractivity contribution in [1.82, 2.24) is 9.97 Å². The van der Waals surface area contributed by atoms with Crippen LogP contribution in [0.5, 0.6) is 0 Å². The van der Waals surface area contributed by atoms with Crippen LogP contribution in [0, 0.1) is 10.1 Å². The van der Waals surface area contributed by atoms with E-state index in [4.69, 9.17) is 23.2 Å². The number of nitrogens with zero attached hydrogens (tertiary/aromatic N) is 3. The summed E-state index contributed by atoms with van der Waals surface area (Å²) in [6.07, 6.45) is 1.22. The lowest BCUT2D eigenvalue weighted by Gasteiger charge is -2.11. The van der Waals surface area contributed by atoms with Gasteiger partial charge in [0.25, 0.3) is 0 Å². The van der Waals surface area contributed by atoms with Crippen LogP contribution in [0.25, 0.3) is 0 Å². The Kier molecular flexibility index (Phi) is 5.55. The molecular weight excluding hydrogens is 445 g/mol. The molecule has 0 atom stereocenters. The van der Waals surface area contributed by atoms with Crippen molar-refractivity contribution < 1.29 is 4.92 Å². The van der Waals surface area contributed by atoms with Crippen LogP contribution in [0.1, 0.15) is 0 Å². The molecule has 0 fully saturated rings. The van der Waals surface area contributed by atoms with Crippen LogP contribution in [0.15, 0.2) is 53.3 Å². The maximum absolute atomic E-state index is 11.6. The molecule has 0 bridgehead atoms. The number of nitro groups is 1. The van der Waals surface area contributed by atoms with E-state index in [9.17, 15) is 10.1 Å². The van der Waals surface area contributed by atoms with Gasteiger partial charge in [-0.25, -0.2) is 9.97 Å². The Bertz CT molecular complexity index is 969. The third-order valence-electron chi connectivity index (χ3n) is 3.29. The molecule has 0 spiro atoms. The lowest BCUT2D eigenvalue weighted by atomic mass is 10.3. The Morgan fingerprint density at radius 1 is 1.00 bits per heavy atom. The summed E-state index contributed by atoms with van der Waals surface area (Å²) in [4.78, 5) is 19.0. The minimum atomic E-state index is -0.567. The van der Waals surface area contributed by atoms with Crippen LogP contribution >= 0.6 is 39.1 Å². The van der Waals surface area contributed by atoms with Crippen molar-refractivity contribution in [2.75, 3.05) is 10.6 Å². The van der Waals surface area contributed by atoms with E-state index >= 15 is 0 Å². The maximum Gasteiger partial charge on any atom is 0.353 e. The highest BCUT2D eigenvalue weighted by Crippen LogP contribution is 2.35. The van der Waals surface area contributed by atoms with E-state index < -0.39 is 4.92 Å². The van der Waals surface area contributed by atoms with Crippen molar-refractivity contribution in [3.8, 4) is 0 Å². The fourth-order valence-corrected chi connectivity index (χ4v) is 2.73. The topological polar surface area (TPSA) is 93.0 Å². The van der Waals surface area contributed by atoms with Crippen molar-refractivity contribution in [2.24, 2.45) is 0 Å². The van der Waals surface area contributed by atoms with Crippen LogP contribution in [0.4, 0.5) is 28.7 Å². The molecule has 3 aromatic rings. The average molecular weight is 455 g/mol. The van der Waals surface area contributed by atoms with Gasteiger partial charge in [0.05, 0.1) is 15.6 Å². The van der Waals surface area contributed by atoms with Crippen LogP contribution in [-0.2, 0) is 0 Å². The standard InChI is InChI=1S/C16H10BrCl2N5O2/c17-9-1-4-11(5-2-9)22-15-14(24(25)26)16(21-8-20-15)23-13-7-10(18)3-6-12(13)19/h1-8H,(H2,20,21,22,23). The number of hydrogen-bond donors (Lipinski definition) is 2. The van der Waals surface area contributed by atoms with E-state index in [1.807, 2.05) is 0 Å². The summed E-state index contributed by atoms with van der Waals surface area (Å²) in [5.41, 5.74) is 0.726. The lowest BCUT2D eigenvalue weighted by Crippen LogP contribution is -2.05. The zero-order valence-corrected chi connectivity index (χ0v) is 16.0. The van der Waals surface area contributed by atoms with Crippen molar-refractivity contribution in [3.05, 3.63) is 73.4 Å². The summed E-state index contributed by atoms with van der Waals surface area (Å²) in [5.74, 6) is 0.0433. The second kappa shape index (κ2) is 7.86. The van der Waals surface area contributed by atoms with E-state index in [0.717, 1.165) is 4.47 Å². The molecule has 0 saturated carbocycles. The Hall–Kier alpha value is -2.42. The summed E-state index contributed by atoms with van der Waals surface area (Å²) in [5, 5.41) is 18.2. The summed E-state index contributed by atoms with van der Waals surface area (Å²) in [6, 6.07) is 11.9. The highest BCUT2D eigenvalue weighted by Gasteiger charge is 2.24. The van der Waals surface area contributed by atoms with Gasteiger partial charge in [-0.1, -0.05) is 39.1 Å². The zero-order valence-electron chi connectivity index (χ0n) is 12.9. The van der Waals surface area contributed by atoms with Crippen LogP contribution in [-0.4, -0.2) is 14.9 Å². The summed E-state index contributed by atoms with van der Waals surface area (Å²) < 4.78 is 0.887. The van der Waals surface area contributed by atoms with Gasteiger partial charge < -0.3 is 10.6 Å². The minimum absolute atomic E-state index is 0.00576. The Balaban J connectivity index is 1.99. The van der Waals surface area contributed by atoms with Crippen molar-refractivity contribution >= 4 is 67.8 Å². The number of halogens is 3. The molecule has 1 heterocycles. The maximum atomic E-state index is 11.6. The Labute approximate surface area is 166 Å². The quantitative estimate of drug-likeness (QED) is 0.366.